The van der Waals surface area contributed by atoms with E-state index in [2.05, 4.69) is 55.4 Å². The first kappa shape index (κ1) is 94.1. The zero-order valence-corrected chi connectivity index (χ0v) is 64.8. The van der Waals surface area contributed by atoms with Crippen LogP contribution in [0.1, 0.15) is 389 Å². The normalized spacial score (nSPS) is 14.7. The molecule has 7 atom stereocenters. The van der Waals surface area contributed by atoms with Gasteiger partial charge in [0.25, 0.3) is 0 Å². The van der Waals surface area contributed by atoms with E-state index in [-0.39, 0.29) is 25.7 Å². The second-order valence-corrected chi connectivity index (χ2v) is 32.1. The highest BCUT2D eigenvalue weighted by Crippen LogP contribution is 2.45. The average molecular weight is 1410 g/mol. The minimum atomic E-state index is -4.96. The first-order chi connectivity index (χ1) is 46.2. The Morgan fingerprint density at radius 1 is 0.292 bits per heavy atom. The number of phosphoric ester groups is 2. The molecule has 0 aromatic carbocycles. The van der Waals surface area contributed by atoms with E-state index >= 15 is 0 Å². The zero-order valence-electron chi connectivity index (χ0n) is 63.0. The molecule has 0 saturated heterocycles. The molecule has 0 fully saturated rings. The molecule has 4 unspecified atom stereocenters. The van der Waals surface area contributed by atoms with Gasteiger partial charge in [-0.2, -0.15) is 0 Å². The third-order valence-corrected chi connectivity index (χ3v) is 20.4. The van der Waals surface area contributed by atoms with Crippen molar-refractivity contribution in [2.24, 2.45) is 23.7 Å². The highest BCUT2D eigenvalue weighted by Gasteiger charge is 2.30. The van der Waals surface area contributed by atoms with Crippen molar-refractivity contribution in [3.63, 3.8) is 0 Å². The number of hydrogen-bond donors (Lipinski definition) is 3. The smallest absolute Gasteiger partial charge is 0.462 e. The van der Waals surface area contributed by atoms with E-state index in [0.29, 0.717) is 25.7 Å². The molecule has 0 spiro atoms. The lowest BCUT2D eigenvalue weighted by atomic mass is 9.99. The molecule has 0 heterocycles. The molecule has 96 heavy (non-hydrogen) atoms. The summed E-state index contributed by atoms with van der Waals surface area (Å²) in [6.07, 6.45) is 51.3. The monoisotopic (exact) mass is 1410 g/mol. The van der Waals surface area contributed by atoms with E-state index in [1.807, 2.05) is 0 Å². The van der Waals surface area contributed by atoms with Crippen LogP contribution in [0, 0.1) is 23.7 Å². The van der Waals surface area contributed by atoms with Crippen molar-refractivity contribution >= 4 is 39.5 Å². The predicted octanol–water partition coefficient (Wildman–Crippen LogP) is 22.4. The molecule has 0 aliphatic heterocycles. The number of unbranched alkanes of at least 4 members (excludes halogenated alkanes) is 38. The number of ether oxygens (including phenoxy) is 4. The van der Waals surface area contributed by atoms with Crippen LogP contribution in [-0.4, -0.2) is 96.7 Å². The Balaban J connectivity index is 5.23. The van der Waals surface area contributed by atoms with Crippen LogP contribution < -0.4 is 0 Å². The summed E-state index contributed by atoms with van der Waals surface area (Å²) in [6.45, 7) is 14.2. The number of phosphoric acid groups is 2. The van der Waals surface area contributed by atoms with E-state index in [9.17, 15) is 43.2 Å². The van der Waals surface area contributed by atoms with Gasteiger partial charge in [-0.3, -0.25) is 37.3 Å². The summed E-state index contributed by atoms with van der Waals surface area (Å²) in [6, 6.07) is 0. The van der Waals surface area contributed by atoms with Gasteiger partial charge in [0.05, 0.1) is 26.4 Å². The largest absolute Gasteiger partial charge is 0.472 e. The van der Waals surface area contributed by atoms with E-state index in [0.717, 1.165) is 120 Å². The van der Waals surface area contributed by atoms with Gasteiger partial charge in [-0.1, -0.05) is 338 Å². The molecule has 0 rings (SSSR count). The molecule has 0 saturated carbocycles. The van der Waals surface area contributed by atoms with Crippen molar-refractivity contribution in [1.29, 1.82) is 0 Å². The van der Waals surface area contributed by atoms with Gasteiger partial charge in [-0.25, -0.2) is 9.13 Å². The molecule has 17 nitrogen and oxygen atoms in total. The van der Waals surface area contributed by atoms with Crippen molar-refractivity contribution < 1.29 is 80.2 Å². The first-order valence-corrected chi connectivity index (χ1v) is 42.8. The maximum Gasteiger partial charge on any atom is 0.472 e. The maximum atomic E-state index is 13.1. The van der Waals surface area contributed by atoms with Gasteiger partial charge >= 0.3 is 39.5 Å². The predicted molar refractivity (Wildman–Crippen MR) is 391 cm³/mol. The summed E-state index contributed by atoms with van der Waals surface area (Å²) >= 11 is 0. The van der Waals surface area contributed by atoms with Crippen molar-refractivity contribution in [3.8, 4) is 0 Å². The Kier molecular flexibility index (Phi) is 65.0. The summed E-state index contributed by atoms with van der Waals surface area (Å²) in [5, 5.41) is 10.6. The lowest BCUT2D eigenvalue weighted by Crippen LogP contribution is -2.30. The summed E-state index contributed by atoms with van der Waals surface area (Å²) in [4.78, 5) is 72.8. The summed E-state index contributed by atoms with van der Waals surface area (Å²) in [5.74, 6) is 0.974. The van der Waals surface area contributed by atoms with E-state index < -0.39 is 97.5 Å². The molecule has 0 bridgehead atoms. The number of carbonyl (C=O) groups excluding carboxylic acids is 4. The number of aliphatic hydroxyl groups excluding tert-OH is 1. The summed E-state index contributed by atoms with van der Waals surface area (Å²) < 4.78 is 68.6. The van der Waals surface area contributed by atoms with E-state index in [1.54, 1.807) is 0 Å². The minimum absolute atomic E-state index is 0.106. The molecule has 0 radical (unpaired) electrons. The van der Waals surface area contributed by atoms with Crippen LogP contribution in [0.4, 0.5) is 0 Å². The maximum absolute atomic E-state index is 13.1. The second-order valence-electron chi connectivity index (χ2n) is 29.2. The zero-order chi connectivity index (χ0) is 71.0. The Bertz CT molecular complexity index is 1890. The molecule has 3 N–H and O–H groups in total. The van der Waals surface area contributed by atoms with Crippen LogP contribution in [0.15, 0.2) is 0 Å². The molecular weight excluding hydrogens is 1260 g/mol. The van der Waals surface area contributed by atoms with Crippen LogP contribution in [-0.2, 0) is 65.4 Å². The van der Waals surface area contributed by atoms with Gasteiger partial charge in [0.2, 0.25) is 0 Å². The number of hydrogen-bond acceptors (Lipinski definition) is 15. The Morgan fingerprint density at radius 2 is 0.500 bits per heavy atom. The van der Waals surface area contributed by atoms with Gasteiger partial charge in [-0.05, 0) is 49.4 Å². The quantitative estimate of drug-likeness (QED) is 0.0222. The Hall–Kier alpha value is -1.94. The fourth-order valence-electron chi connectivity index (χ4n) is 11.7. The van der Waals surface area contributed by atoms with Crippen LogP contribution in [0.3, 0.4) is 0 Å². The molecule has 0 aromatic heterocycles. The van der Waals surface area contributed by atoms with E-state index in [1.165, 1.54) is 186 Å². The molecule has 0 aromatic rings. The van der Waals surface area contributed by atoms with Crippen LogP contribution in [0.2, 0.25) is 0 Å². The molecule has 570 valence electrons. The van der Waals surface area contributed by atoms with E-state index in [4.69, 9.17) is 37.0 Å². The van der Waals surface area contributed by atoms with Crippen LogP contribution in [0.25, 0.3) is 0 Å². The van der Waals surface area contributed by atoms with Crippen molar-refractivity contribution in [2.45, 2.75) is 408 Å². The Labute approximate surface area is 588 Å². The minimum Gasteiger partial charge on any atom is -0.462 e. The van der Waals surface area contributed by atoms with Gasteiger partial charge in [0.15, 0.2) is 12.2 Å². The fourth-order valence-corrected chi connectivity index (χ4v) is 13.2. The number of aliphatic hydroxyl groups is 1. The van der Waals surface area contributed by atoms with Crippen molar-refractivity contribution in [1.82, 2.24) is 0 Å². The molecular formula is C77H150O17P2. The molecule has 0 aliphatic carbocycles. The summed E-state index contributed by atoms with van der Waals surface area (Å²) in [5.41, 5.74) is 0. The lowest BCUT2D eigenvalue weighted by Gasteiger charge is -2.21. The van der Waals surface area contributed by atoms with Crippen LogP contribution in [0.5, 0.6) is 0 Å². The van der Waals surface area contributed by atoms with Gasteiger partial charge in [-0.15, -0.1) is 0 Å². The SMILES string of the molecule is CCC(C)CCCCCCCCCCC(=O)OC[C@H](COP(=O)(O)OC[C@@H](O)COP(=O)(O)OC[C@@H](COC(=O)CCCCCCCCC(C)CC)OC(=O)CCCCCCCCCCCCCCCCCCC(C)C)OC(=O)CCCCCCCCCCCCCCC(C)C. The summed E-state index contributed by atoms with van der Waals surface area (Å²) in [7, 11) is -9.92. The van der Waals surface area contributed by atoms with Gasteiger partial charge < -0.3 is 33.8 Å². The topological polar surface area (TPSA) is 237 Å². The average Bonchev–Trinajstić information content (AvgIpc) is 1.13. The van der Waals surface area contributed by atoms with Crippen molar-refractivity contribution in [3.05, 3.63) is 0 Å². The highest BCUT2D eigenvalue weighted by atomic mass is 31.2. The first-order valence-electron chi connectivity index (χ1n) is 39.8. The second kappa shape index (κ2) is 66.3. The third kappa shape index (κ3) is 67.9. The molecule has 0 amide bonds. The number of carbonyl (C=O) groups is 4. The van der Waals surface area contributed by atoms with Gasteiger partial charge in [0, 0.05) is 25.7 Å². The molecule has 19 heteroatoms. The molecule has 0 aliphatic rings. The number of rotatable bonds is 74. The Morgan fingerprint density at radius 3 is 0.740 bits per heavy atom. The number of esters is 4. The van der Waals surface area contributed by atoms with Crippen molar-refractivity contribution in [2.75, 3.05) is 39.6 Å². The van der Waals surface area contributed by atoms with Crippen LogP contribution >= 0.6 is 15.6 Å². The third-order valence-electron chi connectivity index (χ3n) is 18.5. The van der Waals surface area contributed by atoms with Gasteiger partial charge in [0.1, 0.15) is 19.3 Å². The standard InChI is InChI=1S/C77H150O17P2/c1-9-69(7)55-47-39-31-27-28-32-41-49-57-74(79)87-63-72(93-76(81)60-52-44-34-26-22-18-17-20-24-30-38-46-54-68(5)6)65-91-95(83,84)89-61-71(78)62-90-96(85,86)92-66-73(64-88-75(80)58-50-42-36-35-40-48-56-70(8)10-2)94-77(82)59-51-43-33-25-21-16-14-12-11-13-15-19-23-29-37-45-53-67(3)4/h67-73,78H,9-66H2,1-8H3,(H,83,84)(H,85,86)/t69?,70?,71-,72-,73-/m1/s1. The highest BCUT2D eigenvalue weighted by molar-refractivity contribution is 7.47. The lowest BCUT2D eigenvalue weighted by molar-refractivity contribution is -0.161. The fraction of sp³-hybridized carbons (Fsp3) is 0.948.